The molecule has 7 nitrogen and oxygen atoms in total. The van der Waals surface area contributed by atoms with E-state index in [1.807, 2.05) is 57.0 Å². The minimum atomic E-state index is -0.0172. The van der Waals surface area contributed by atoms with E-state index in [0.717, 1.165) is 43.2 Å². The van der Waals surface area contributed by atoms with Crippen molar-refractivity contribution in [2.24, 2.45) is 5.92 Å². The minimum absolute atomic E-state index is 0.0172. The highest BCUT2D eigenvalue weighted by atomic mass is 16.5. The standard InChI is InChI=1S/C20H29N5O2/c1-5-18-19(20(26)24-11-10-15(13-24)12-21-4)22-23-25(18)16-6-8-17(9-7-16)27-14(2)3/h6-9,14-15,21H,5,10-13H2,1-4H3/t15-/m1/s1. The summed E-state index contributed by atoms with van der Waals surface area (Å²) < 4.78 is 7.45. The van der Waals surface area contributed by atoms with Crippen LogP contribution in [0.2, 0.25) is 0 Å². The molecule has 1 aliphatic rings. The van der Waals surface area contributed by atoms with E-state index in [9.17, 15) is 4.79 Å². The van der Waals surface area contributed by atoms with Crippen LogP contribution in [0.4, 0.5) is 0 Å². The van der Waals surface area contributed by atoms with E-state index < -0.39 is 0 Å². The average molecular weight is 371 g/mol. The average Bonchev–Trinajstić information content (AvgIpc) is 3.28. The molecule has 0 aliphatic carbocycles. The van der Waals surface area contributed by atoms with Crippen LogP contribution in [-0.4, -0.2) is 58.6 Å². The van der Waals surface area contributed by atoms with Crippen LogP contribution in [0.3, 0.4) is 0 Å². The molecule has 2 aromatic rings. The smallest absolute Gasteiger partial charge is 0.276 e. The predicted octanol–water partition coefficient (Wildman–Crippen LogP) is 2.30. The van der Waals surface area contributed by atoms with Crippen molar-refractivity contribution in [2.75, 3.05) is 26.7 Å². The maximum absolute atomic E-state index is 13.0. The Balaban J connectivity index is 1.79. The van der Waals surface area contributed by atoms with Gasteiger partial charge in [0.25, 0.3) is 5.91 Å². The number of likely N-dealkylation sites (tertiary alicyclic amines) is 1. The van der Waals surface area contributed by atoms with Gasteiger partial charge >= 0.3 is 0 Å². The maximum atomic E-state index is 13.0. The van der Waals surface area contributed by atoms with Crippen LogP contribution in [0.15, 0.2) is 24.3 Å². The number of aromatic nitrogens is 3. The molecule has 3 rings (SSSR count). The van der Waals surface area contributed by atoms with Gasteiger partial charge in [-0.1, -0.05) is 12.1 Å². The highest BCUT2D eigenvalue weighted by Gasteiger charge is 2.30. The first kappa shape index (κ1) is 19.4. The summed E-state index contributed by atoms with van der Waals surface area (Å²) in [6.45, 7) is 8.51. The molecule has 1 fully saturated rings. The fourth-order valence-corrected chi connectivity index (χ4v) is 3.55. The number of benzene rings is 1. The number of nitrogens with zero attached hydrogens (tertiary/aromatic N) is 4. The summed E-state index contributed by atoms with van der Waals surface area (Å²) in [5, 5.41) is 11.7. The van der Waals surface area contributed by atoms with E-state index in [2.05, 4.69) is 15.6 Å². The van der Waals surface area contributed by atoms with E-state index in [0.29, 0.717) is 18.0 Å². The first-order valence-corrected chi connectivity index (χ1v) is 9.69. The highest BCUT2D eigenvalue weighted by Crippen LogP contribution is 2.22. The van der Waals surface area contributed by atoms with Crippen LogP contribution < -0.4 is 10.1 Å². The quantitative estimate of drug-likeness (QED) is 0.809. The molecule has 0 saturated carbocycles. The molecule has 1 N–H and O–H groups in total. The van der Waals surface area contributed by atoms with Crippen LogP contribution in [0, 0.1) is 5.92 Å². The number of ether oxygens (including phenoxy) is 1. The molecule has 27 heavy (non-hydrogen) atoms. The summed E-state index contributed by atoms with van der Waals surface area (Å²) in [7, 11) is 1.95. The number of amides is 1. The van der Waals surface area contributed by atoms with Gasteiger partial charge in [0, 0.05) is 13.1 Å². The van der Waals surface area contributed by atoms with Gasteiger partial charge in [0.15, 0.2) is 5.69 Å². The monoisotopic (exact) mass is 371 g/mol. The van der Waals surface area contributed by atoms with E-state index in [-0.39, 0.29) is 12.0 Å². The Morgan fingerprint density at radius 3 is 2.70 bits per heavy atom. The zero-order valence-electron chi connectivity index (χ0n) is 16.6. The molecule has 0 spiro atoms. The third-order valence-electron chi connectivity index (χ3n) is 4.82. The summed E-state index contributed by atoms with van der Waals surface area (Å²) in [6, 6.07) is 7.72. The maximum Gasteiger partial charge on any atom is 0.276 e. The number of carbonyl (C=O) groups is 1. The van der Waals surface area contributed by atoms with Gasteiger partial charge < -0.3 is 15.0 Å². The lowest BCUT2D eigenvalue weighted by atomic mass is 10.1. The van der Waals surface area contributed by atoms with Crippen LogP contribution in [0.5, 0.6) is 5.75 Å². The normalized spacial score (nSPS) is 16.9. The second kappa shape index (κ2) is 8.52. The Hall–Kier alpha value is -2.41. The van der Waals surface area contributed by atoms with E-state index in [1.165, 1.54) is 0 Å². The Morgan fingerprint density at radius 2 is 2.07 bits per heavy atom. The molecular formula is C20H29N5O2. The molecular weight excluding hydrogens is 342 g/mol. The van der Waals surface area contributed by atoms with E-state index in [1.54, 1.807) is 4.68 Å². The van der Waals surface area contributed by atoms with Gasteiger partial charge in [-0.15, -0.1) is 5.10 Å². The van der Waals surface area contributed by atoms with Gasteiger partial charge in [0.05, 0.1) is 17.5 Å². The van der Waals surface area contributed by atoms with Crippen molar-refractivity contribution in [3.05, 3.63) is 35.7 Å². The van der Waals surface area contributed by atoms with Crippen molar-refractivity contribution in [3.63, 3.8) is 0 Å². The Morgan fingerprint density at radius 1 is 1.33 bits per heavy atom. The highest BCUT2D eigenvalue weighted by molar-refractivity contribution is 5.93. The van der Waals surface area contributed by atoms with Crippen LogP contribution in [-0.2, 0) is 6.42 Å². The second-order valence-electron chi connectivity index (χ2n) is 7.27. The minimum Gasteiger partial charge on any atom is -0.491 e. The second-order valence-corrected chi connectivity index (χ2v) is 7.27. The molecule has 146 valence electrons. The van der Waals surface area contributed by atoms with Crippen LogP contribution in [0.1, 0.15) is 43.4 Å². The fraction of sp³-hybridized carbons (Fsp3) is 0.550. The topological polar surface area (TPSA) is 72.3 Å². The molecule has 1 saturated heterocycles. The summed E-state index contributed by atoms with van der Waals surface area (Å²) >= 11 is 0. The van der Waals surface area contributed by atoms with Crippen LogP contribution in [0.25, 0.3) is 5.69 Å². The van der Waals surface area contributed by atoms with Crippen molar-refractivity contribution in [2.45, 2.75) is 39.7 Å². The number of hydrogen-bond acceptors (Lipinski definition) is 5. The molecule has 1 atom stereocenters. The van der Waals surface area contributed by atoms with Gasteiger partial charge in [0.1, 0.15) is 5.75 Å². The van der Waals surface area contributed by atoms with Gasteiger partial charge in [-0.25, -0.2) is 4.68 Å². The lowest BCUT2D eigenvalue weighted by Gasteiger charge is -2.16. The number of rotatable bonds is 7. The molecule has 2 heterocycles. The largest absolute Gasteiger partial charge is 0.491 e. The first-order valence-electron chi connectivity index (χ1n) is 9.69. The summed E-state index contributed by atoms with van der Waals surface area (Å²) in [5.74, 6) is 1.31. The lowest BCUT2D eigenvalue weighted by Crippen LogP contribution is -2.31. The zero-order chi connectivity index (χ0) is 19.4. The fourth-order valence-electron chi connectivity index (χ4n) is 3.55. The molecule has 1 aromatic heterocycles. The third-order valence-corrected chi connectivity index (χ3v) is 4.82. The molecule has 0 unspecified atom stereocenters. The predicted molar refractivity (Wildman–Crippen MR) is 104 cm³/mol. The van der Waals surface area contributed by atoms with Crippen molar-refractivity contribution >= 4 is 5.91 Å². The molecule has 0 radical (unpaired) electrons. The third kappa shape index (κ3) is 4.30. The van der Waals surface area contributed by atoms with Crippen molar-refractivity contribution < 1.29 is 9.53 Å². The molecule has 1 amide bonds. The summed E-state index contributed by atoms with van der Waals surface area (Å²) in [4.78, 5) is 14.9. The molecule has 1 aromatic carbocycles. The lowest BCUT2D eigenvalue weighted by molar-refractivity contribution is 0.0780. The summed E-state index contributed by atoms with van der Waals surface area (Å²) in [5.41, 5.74) is 2.18. The van der Waals surface area contributed by atoms with Crippen LogP contribution >= 0.6 is 0 Å². The van der Waals surface area contributed by atoms with E-state index in [4.69, 9.17) is 4.74 Å². The molecule has 0 bridgehead atoms. The van der Waals surface area contributed by atoms with Crippen molar-refractivity contribution in [3.8, 4) is 11.4 Å². The molecule has 1 aliphatic heterocycles. The van der Waals surface area contributed by atoms with Gasteiger partial charge in [-0.2, -0.15) is 0 Å². The Bertz CT molecular complexity index is 769. The SMILES string of the molecule is CCc1c(C(=O)N2CC[C@H](CNC)C2)nnn1-c1ccc(OC(C)C)cc1. The first-order chi connectivity index (χ1) is 13.0. The Labute approximate surface area is 160 Å². The molecule has 7 heteroatoms. The zero-order valence-corrected chi connectivity index (χ0v) is 16.6. The Kier molecular flexibility index (Phi) is 6.11. The van der Waals surface area contributed by atoms with Gasteiger partial charge in [-0.05, 0) is 70.5 Å². The number of nitrogens with one attached hydrogen (secondary N) is 1. The van der Waals surface area contributed by atoms with Crippen molar-refractivity contribution in [1.29, 1.82) is 0 Å². The van der Waals surface area contributed by atoms with Gasteiger partial charge in [-0.3, -0.25) is 4.79 Å². The van der Waals surface area contributed by atoms with Crippen molar-refractivity contribution in [1.82, 2.24) is 25.2 Å². The number of carbonyl (C=O) groups excluding carboxylic acids is 1. The van der Waals surface area contributed by atoms with E-state index >= 15 is 0 Å². The van der Waals surface area contributed by atoms with Gasteiger partial charge in [0.2, 0.25) is 0 Å². The summed E-state index contributed by atoms with van der Waals surface area (Å²) in [6.07, 6.45) is 1.84. The number of hydrogen-bond donors (Lipinski definition) is 1.